The second-order valence-corrected chi connectivity index (χ2v) is 7.12. The highest BCUT2D eigenvalue weighted by Gasteiger charge is 2.10. The molecule has 0 aliphatic rings. The fourth-order valence-corrected chi connectivity index (χ4v) is 3.78. The van der Waals surface area contributed by atoms with Crippen LogP contribution in [0.5, 0.6) is 0 Å². The van der Waals surface area contributed by atoms with Crippen LogP contribution >= 0.6 is 22.9 Å². The van der Waals surface area contributed by atoms with Gasteiger partial charge in [-0.05, 0) is 40.6 Å². The van der Waals surface area contributed by atoms with Gasteiger partial charge in [0.1, 0.15) is 11.1 Å². The third kappa shape index (κ3) is 3.39. The average molecular weight is 373 g/mol. The summed E-state index contributed by atoms with van der Waals surface area (Å²) in [6.45, 7) is 0. The van der Waals surface area contributed by atoms with E-state index < -0.39 is 0 Å². The molecule has 0 saturated carbocycles. The van der Waals surface area contributed by atoms with Crippen LogP contribution in [0.2, 0.25) is 5.02 Å². The molecule has 4 aromatic rings. The van der Waals surface area contributed by atoms with Crippen molar-refractivity contribution in [2.75, 3.05) is 0 Å². The summed E-state index contributed by atoms with van der Waals surface area (Å²) in [4.78, 5) is 4.67. The molecular weight excluding hydrogens is 360 g/mol. The maximum Gasteiger partial charge on any atom is 0.134 e. The molecule has 0 fully saturated rings. The van der Waals surface area contributed by atoms with Gasteiger partial charge in [0.2, 0.25) is 0 Å². The van der Waals surface area contributed by atoms with Crippen LogP contribution in [-0.4, -0.2) is 4.98 Å². The standard InChI is InChI=1S/C22H13ClN2S/c23-20-7-3-4-15(11-20)10-19(13-24)22-25-21(14-26-22)18-9-8-16-5-1-2-6-17(16)12-18/h1-12,14H/b19-10-. The van der Waals surface area contributed by atoms with Crippen molar-refractivity contribution in [3.63, 3.8) is 0 Å². The van der Waals surface area contributed by atoms with E-state index in [4.69, 9.17) is 11.6 Å². The monoisotopic (exact) mass is 372 g/mol. The summed E-state index contributed by atoms with van der Waals surface area (Å²) in [5.74, 6) is 0. The number of nitrogens with zero attached hydrogens (tertiary/aromatic N) is 2. The molecule has 4 heteroatoms. The van der Waals surface area contributed by atoms with E-state index >= 15 is 0 Å². The van der Waals surface area contributed by atoms with E-state index in [-0.39, 0.29) is 0 Å². The van der Waals surface area contributed by atoms with Crippen LogP contribution in [0.4, 0.5) is 0 Å². The first kappa shape index (κ1) is 16.5. The lowest BCUT2D eigenvalue weighted by Gasteiger charge is -2.01. The largest absolute Gasteiger partial charge is 0.235 e. The Morgan fingerprint density at radius 2 is 1.85 bits per heavy atom. The molecule has 0 spiro atoms. The second kappa shape index (κ2) is 7.13. The predicted octanol–water partition coefficient (Wildman–Crippen LogP) is 6.68. The van der Waals surface area contributed by atoms with Crippen molar-refractivity contribution in [3.05, 3.63) is 87.7 Å². The Labute approximate surface area is 160 Å². The van der Waals surface area contributed by atoms with Gasteiger partial charge in [-0.25, -0.2) is 4.98 Å². The zero-order valence-electron chi connectivity index (χ0n) is 13.7. The molecule has 0 unspecified atom stereocenters. The molecule has 0 bridgehead atoms. The molecule has 2 nitrogen and oxygen atoms in total. The molecule has 0 amide bonds. The van der Waals surface area contributed by atoms with Crippen molar-refractivity contribution in [2.45, 2.75) is 0 Å². The molecular formula is C22H13ClN2S. The molecule has 0 aliphatic carbocycles. The number of aromatic nitrogens is 1. The van der Waals surface area contributed by atoms with E-state index in [9.17, 15) is 5.26 Å². The molecule has 0 N–H and O–H groups in total. The molecule has 1 heterocycles. The number of rotatable bonds is 3. The third-order valence-corrected chi connectivity index (χ3v) is 5.17. The van der Waals surface area contributed by atoms with Crippen molar-refractivity contribution >= 4 is 45.4 Å². The van der Waals surface area contributed by atoms with Gasteiger partial charge in [0, 0.05) is 16.0 Å². The Kier molecular flexibility index (Phi) is 4.53. The molecule has 0 saturated heterocycles. The quantitative estimate of drug-likeness (QED) is 0.376. The molecule has 3 aromatic carbocycles. The molecule has 26 heavy (non-hydrogen) atoms. The number of hydrogen-bond acceptors (Lipinski definition) is 3. The molecule has 0 radical (unpaired) electrons. The van der Waals surface area contributed by atoms with Crippen LogP contribution in [0.3, 0.4) is 0 Å². The van der Waals surface area contributed by atoms with Crippen molar-refractivity contribution < 1.29 is 0 Å². The summed E-state index contributed by atoms with van der Waals surface area (Å²) >= 11 is 7.50. The Morgan fingerprint density at radius 1 is 1.00 bits per heavy atom. The maximum absolute atomic E-state index is 9.55. The summed E-state index contributed by atoms with van der Waals surface area (Å²) in [5.41, 5.74) is 3.34. The minimum atomic E-state index is 0.532. The topological polar surface area (TPSA) is 36.7 Å². The number of halogens is 1. The lowest BCUT2D eigenvalue weighted by atomic mass is 10.1. The van der Waals surface area contributed by atoms with Crippen molar-refractivity contribution in [1.29, 1.82) is 5.26 Å². The number of nitriles is 1. The zero-order chi connectivity index (χ0) is 17.9. The van der Waals surface area contributed by atoms with Gasteiger partial charge in [-0.1, -0.05) is 60.1 Å². The zero-order valence-corrected chi connectivity index (χ0v) is 15.3. The van der Waals surface area contributed by atoms with Gasteiger partial charge in [-0.15, -0.1) is 11.3 Å². The summed E-state index contributed by atoms with van der Waals surface area (Å²) in [6, 6.07) is 24.2. The van der Waals surface area contributed by atoms with Crippen LogP contribution in [0, 0.1) is 11.3 Å². The Hall–Kier alpha value is -2.93. The number of hydrogen-bond donors (Lipinski definition) is 0. The number of allylic oxidation sites excluding steroid dienone is 1. The number of fused-ring (bicyclic) bond motifs is 1. The molecule has 1 aromatic heterocycles. The van der Waals surface area contributed by atoms with Gasteiger partial charge in [-0.3, -0.25) is 0 Å². The van der Waals surface area contributed by atoms with E-state index in [1.165, 1.54) is 22.1 Å². The fourth-order valence-electron chi connectivity index (χ4n) is 2.78. The van der Waals surface area contributed by atoms with E-state index in [1.54, 1.807) is 0 Å². The van der Waals surface area contributed by atoms with Gasteiger partial charge < -0.3 is 0 Å². The lowest BCUT2D eigenvalue weighted by Crippen LogP contribution is -1.83. The number of thiazole rings is 1. The third-order valence-electron chi connectivity index (χ3n) is 4.06. The first-order valence-electron chi connectivity index (χ1n) is 8.05. The van der Waals surface area contributed by atoms with E-state index in [2.05, 4.69) is 41.4 Å². The fraction of sp³-hybridized carbons (Fsp3) is 0. The van der Waals surface area contributed by atoms with E-state index in [0.29, 0.717) is 15.6 Å². The van der Waals surface area contributed by atoms with Gasteiger partial charge >= 0.3 is 0 Å². The first-order valence-corrected chi connectivity index (χ1v) is 9.31. The summed E-state index contributed by atoms with van der Waals surface area (Å²) in [7, 11) is 0. The Morgan fingerprint density at radius 3 is 2.65 bits per heavy atom. The second-order valence-electron chi connectivity index (χ2n) is 5.82. The summed E-state index contributed by atoms with van der Waals surface area (Å²) in [6.07, 6.45) is 1.81. The van der Waals surface area contributed by atoms with Crippen LogP contribution in [0.15, 0.2) is 72.1 Å². The van der Waals surface area contributed by atoms with Crippen LogP contribution in [-0.2, 0) is 0 Å². The lowest BCUT2D eigenvalue weighted by molar-refractivity contribution is 1.37. The molecule has 0 atom stereocenters. The van der Waals surface area contributed by atoms with E-state index in [1.807, 2.05) is 47.9 Å². The molecule has 0 aliphatic heterocycles. The molecule has 4 rings (SSSR count). The van der Waals surface area contributed by atoms with Crippen LogP contribution in [0.1, 0.15) is 10.6 Å². The highest BCUT2D eigenvalue weighted by molar-refractivity contribution is 7.11. The van der Waals surface area contributed by atoms with Gasteiger partial charge in [0.05, 0.1) is 11.3 Å². The molecule has 124 valence electrons. The number of benzene rings is 3. The van der Waals surface area contributed by atoms with Gasteiger partial charge in [-0.2, -0.15) is 5.26 Å². The SMILES string of the molecule is N#C/C(=C/c1cccc(Cl)c1)c1nc(-c2ccc3ccccc3c2)cs1. The highest BCUT2D eigenvalue weighted by Crippen LogP contribution is 2.29. The Bertz CT molecular complexity index is 1170. The van der Waals surface area contributed by atoms with Crippen LogP contribution in [0.25, 0.3) is 33.7 Å². The minimum Gasteiger partial charge on any atom is -0.235 e. The highest BCUT2D eigenvalue weighted by atomic mass is 35.5. The van der Waals surface area contributed by atoms with Crippen molar-refractivity contribution in [2.24, 2.45) is 0 Å². The van der Waals surface area contributed by atoms with Gasteiger partial charge in [0.25, 0.3) is 0 Å². The smallest absolute Gasteiger partial charge is 0.134 e. The first-order chi connectivity index (χ1) is 12.7. The van der Waals surface area contributed by atoms with Crippen molar-refractivity contribution in [3.8, 4) is 17.3 Å². The minimum absolute atomic E-state index is 0.532. The Balaban J connectivity index is 1.71. The van der Waals surface area contributed by atoms with Crippen molar-refractivity contribution in [1.82, 2.24) is 4.98 Å². The van der Waals surface area contributed by atoms with E-state index in [0.717, 1.165) is 16.8 Å². The predicted molar refractivity (Wildman–Crippen MR) is 110 cm³/mol. The maximum atomic E-state index is 9.55. The van der Waals surface area contributed by atoms with Gasteiger partial charge in [0.15, 0.2) is 0 Å². The van der Waals surface area contributed by atoms with Crippen LogP contribution < -0.4 is 0 Å². The summed E-state index contributed by atoms with van der Waals surface area (Å²) < 4.78 is 0. The average Bonchev–Trinajstić information content (AvgIpc) is 3.16. The summed E-state index contributed by atoms with van der Waals surface area (Å²) in [5, 5.41) is 15.3. The normalized spacial score (nSPS) is 11.5.